The summed E-state index contributed by atoms with van der Waals surface area (Å²) in [6.45, 7) is 0.124. The van der Waals surface area contributed by atoms with Crippen LogP contribution in [0.15, 0.2) is 54.3 Å². The normalized spacial score (nSPS) is 15.9. The molecule has 2 aliphatic carbocycles. The van der Waals surface area contributed by atoms with Crippen molar-refractivity contribution in [1.29, 1.82) is 0 Å². The summed E-state index contributed by atoms with van der Waals surface area (Å²) in [6.07, 6.45) is 11.5. The van der Waals surface area contributed by atoms with Gasteiger partial charge < -0.3 is 20.7 Å². The molecule has 2 aliphatic rings. The van der Waals surface area contributed by atoms with E-state index in [0.29, 0.717) is 16.9 Å². The largest absolute Gasteiger partial charge is 0.465 e. The fraction of sp³-hybridized carbons (Fsp3) is 0.433. The summed E-state index contributed by atoms with van der Waals surface area (Å²) in [4.78, 5) is 25.3. The number of anilines is 2. The van der Waals surface area contributed by atoms with Gasteiger partial charge in [0.25, 0.3) is 5.91 Å². The Hall–Kier alpha value is -3.57. The predicted molar refractivity (Wildman–Crippen MR) is 145 cm³/mol. The third-order valence-corrected chi connectivity index (χ3v) is 7.09. The molecule has 0 aromatic heterocycles. The molecule has 6 nitrogen and oxygen atoms in total. The predicted octanol–water partition coefficient (Wildman–Crippen LogP) is 6.07. The summed E-state index contributed by atoms with van der Waals surface area (Å²) >= 11 is 0. The van der Waals surface area contributed by atoms with E-state index in [9.17, 15) is 9.59 Å². The average molecular weight is 506 g/mol. The van der Waals surface area contributed by atoms with E-state index in [0.717, 1.165) is 51.4 Å². The number of halogens is 1. The lowest BCUT2D eigenvalue weighted by Gasteiger charge is -2.25. The minimum atomic E-state index is -0.514. The quantitative estimate of drug-likeness (QED) is 0.219. The lowest BCUT2D eigenvalue weighted by atomic mass is 9.95. The molecule has 0 spiro atoms. The number of esters is 1. The summed E-state index contributed by atoms with van der Waals surface area (Å²) in [5.74, 6) is -1.33. The van der Waals surface area contributed by atoms with Crippen molar-refractivity contribution in [1.82, 2.24) is 5.32 Å². The maximum Gasteiger partial charge on any atom is 0.346 e. The van der Waals surface area contributed by atoms with E-state index in [-0.39, 0.29) is 35.7 Å². The van der Waals surface area contributed by atoms with Crippen molar-refractivity contribution in [2.45, 2.75) is 69.9 Å². The number of carbonyl (C=O) groups is 2. The molecule has 0 aliphatic heterocycles. The summed E-state index contributed by atoms with van der Waals surface area (Å²) in [6, 6.07) is 12.7. The van der Waals surface area contributed by atoms with Crippen molar-refractivity contribution >= 4 is 28.8 Å². The molecule has 2 saturated carbocycles. The van der Waals surface area contributed by atoms with Gasteiger partial charge in [-0.15, -0.1) is 5.73 Å². The number of hydrogen-bond donors (Lipinski definition) is 3. The molecule has 7 heteroatoms. The summed E-state index contributed by atoms with van der Waals surface area (Å²) < 4.78 is 20.0. The number of nitrogens with one attached hydrogen (secondary N) is 3. The smallest absolute Gasteiger partial charge is 0.346 e. The number of methoxy groups -OCH3 is 1. The second-order valence-electron chi connectivity index (χ2n) is 9.77. The molecule has 0 radical (unpaired) electrons. The Balaban J connectivity index is 1.52. The number of hydrogen-bond acceptors (Lipinski definition) is 5. The molecule has 0 heterocycles. The molecule has 37 heavy (non-hydrogen) atoms. The lowest BCUT2D eigenvalue weighted by molar-refractivity contribution is -0.133. The van der Waals surface area contributed by atoms with Crippen LogP contribution in [0.3, 0.4) is 0 Å². The Labute approximate surface area is 218 Å². The topological polar surface area (TPSA) is 79.5 Å². The van der Waals surface area contributed by atoms with Gasteiger partial charge in [0.05, 0.1) is 18.4 Å². The number of benzene rings is 2. The van der Waals surface area contributed by atoms with Crippen molar-refractivity contribution in [3.05, 3.63) is 71.2 Å². The van der Waals surface area contributed by atoms with Crippen LogP contribution in [0.2, 0.25) is 0 Å². The van der Waals surface area contributed by atoms with Crippen LogP contribution < -0.4 is 16.0 Å². The molecule has 2 aromatic rings. The highest BCUT2D eigenvalue weighted by Crippen LogP contribution is 2.31. The van der Waals surface area contributed by atoms with Gasteiger partial charge in [0.15, 0.2) is 0 Å². The maximum absolute atomic E-state index is 15.1. The molecular weight excluding hydrogens is 469 g/mol. The summed E-state index contributed by atoms with van der Waals surface area (Å²) in [7, 11) is 1.31. The third kappa shape index (κ3) is 7.23. The molecule has 4 rings (SSSR count). The third-order valence-electron chi connectivity index (χ3n) is 7.09. The van der Waals surface area contributed by atoms with Crippen LogP contribution in [-0.4, -0.2) is 37.6 Å². The van der Waals surface area contributed by atoms with E-state index in [4.69, 9.17) is 4.74 Å². The van der Waals surface area contributed by atoms with E-state index in [1.165, 1.54) is 19.6 Å². The average Bonchev–Trinajstić information content (AvgIpc) is 3.44. The van der Waals surface area contributed by atoms with E-state index in [2.05, 4.69) is 21.7 Å². The Kier molecular flexibility index (Phi) is 9.39. The summed E-state index contributed by atoms with van der Waals surface area (Å²) in [5.41, 5.74) is 5.23. The van der Waals surface area contributed by atoms with Crippen LogP contribution in [0.25, 0.3) is 5.57 Å². The SMILES string of the molecule is COC(=O)C(=C=CCNC(=O)c1cc(F)c(NC2CCCCC2)cc1NC1CCCC1)c1ccccc1. The van der Waals surface area contributed by atoms with Gasteiger partial charge in [-0.2, -0.15) is 0 Å². The first kappa shape index (κ1) is 26.5. The highest BCUT2D eigenvalue weighted by atomic mass is 19.1. The Bertz CT molecular complexity index is 1150. The number of carbonyl (C=O) groups excluding carboxylic acids is 2. The number of amides is 1. The Morgan fingerprint density at radius 3 is 2.22 bits per heavy atom. The zero-order chi connectivity index (χ0) is 26.0. The molecule has 1 amide bonds. The van der Waals surface area contributed by atoms with Gasteiger partial charge in [0.2, 0.25) is 0 Å². The van der Waals surface area contributed by atoms with Gasteiger partial charge in [-0.3, -0.25) is 4.79 Å². The van der Waals surface area contributed by atoms with E-state index in [1.54, 1.807) is 24.3 Å². The monoisotopic (exact) mass is 505 g/mol. The first-order valence-electron chi connectivity index (χ1n) is 13.3. The van der Waals surface area contributed by atoms with Crippen molar-refractivity contribution in [2.75, 3.05) is 24.3 Å². The fourth-order valence-corrected chi connectivity index (χ4v) is 5.11. The van der Waals surface area contributed by atoms with E-state index < -0.39 is 11.8 Å². The first-order chi connectivity index (χ1) is 18.0. The summed E-state index contributed by atoms with van der Waals surface area (Å²) in [5, 5.41) is 9.66. The number of rotatable bonds is 9. The van der Waals surface area contributed by atoms with Crippen molar-refractivity contribution < 1.29 is 18.7 Å². The van der Waals surface area contributed by atoms with Gasteiger partial charge in [-0.05, 0) is 49.5 Å². The second-order valence-corrected chi connectivity index (χ2v) is 9.77. The van der Waals surface area contributed by atoms with Crippen LogP contribution in [-0.2, 0) is 9.53 Å². The number of ether oxygens (including phenoxy) is 1. The van der Waals surface area contributed by atoms with Crippen LogP contribution in [0.1, 0.15) is 73.7 Å². The maximum atomic E-state index is 15.1. The van der Waals surface area contributed by atoms with Crippen molar-refractivity contribution in [3.63, 3.8) is 0 Å². The van der Waals surface area contributed by atoms with Gasteiger partial charge >= 0.3 is 5.97 Å². The Morgan fingerprint density at radius 1 is 0.946 bits per heavy atom. The van der Waals surface area contributed by atoms with Gasteiger partial charge in [0, 0.05) is 24.3 Å². The van der Waals surface area contributed by atoms with Crippen molar-refractivity contribution in [3.8, 4) is 0 Å². The zero-order valence-corrected chi connectivity index (χ0v) is 21.4. The molecule has 3 N–H and O–H groups in total. The molecule has 2 fully saturated rings. The molecule has 0 bridgehead atoms. The van der Waals surface area contributed by atoms with E-state index >= 15 is 4.39 Å². The van der Waals surface area contributed by atoms with Crippen LogP contribution in [0.4, 0.5) is 15.8 Å². The highest BCUT2D eigenvalue weighted by Gasteiger charge is 2.22. The van der Waals surface area contributed by atoms with Gasteiger partial charge in [-0.25, -0.2) is 9.18 Å². The molecular formula is C30H36FN3O3. The van der Waals surface area contributed by atoms with Crippen LogP contribution >= 0.6 is 0 Å². The molecule has 0 saturated heterocycles. The van der Waals surface area contributed by atoms with Crippen molar-refractivity contribution in [2.24, 2.45) is 0 Å². The molecule has 0 unspecified atom stereocenters. The first-order valence-corrected chi connectivity index (χ1v) is 13.3. The Morgan fingerprint density at radius 2 is 1.57 bits per heavy atom. The molecule has 2 aromatic carbocycles. The highest BCUT2D eigenvalue weighted by molar-refractivity contribution is 6.16. The van der Waals surface area contributed by atoms with Crippen LogP contribution in [0, 0.1) is 5.82 Å². The van der Waals surface area contributed by atoms with E-state index in [1.807, 2.05) is 18.2 Å². The minimum Gasteiger partial charge on any atom is -0.465 e. The fourth-order valence-electron chi connectivity index (χ4n) is 5.11. The standard InChI is InChI=1S/C30H36FN3O3/c1-37-30(36)24(21-11-4-2-5-12-21)17-10-18-32-29(35)25-19-26(31)28(34-23-13-6-3-7-14-23)20-27(25)33-22-15-8-9-16-22/h2,4-5,10-12,19-20,22-23,33-34H,3,6-9,13-16,18H2,1H3,(H,32,35). The molecule has 0 atom stereocenters. The lowest BCUT2D eigenvalue weighted by Crippen LogP contribution is -2.27. The van der Waals surface area contributed by atoms with Crippen LogP contribution in [0.5, 0.6) is 0 Å². The minimum absolute atomic E-state index is 0.124. The second kappa shape index (κ2) is 13.1. The zero-order valence-electron chi connectivity index (χ0n) is 21.4. The van der Waals surface area contributed by atoms with Gasteiger partial charge in [0.1, 0.15) is 11.4 Å². The van der Waals surface area contributed by atoms with Gasteiger partial charge in [-0.1, -0.05) is 62.4 Å². The molecule has 196 valence electrons.